The summed E-state index contributed by atoms with van der Waals surface area (Å²) in [5.41, 5.74) is 2.78. The molecule has 4 heteroatoms. The largest absolute Gasteiger partial charge is 0.370 e. The Bertz CT molecular complexity index is 450. The van der Waals surface area contributed by atoms with Gasteiger partial charge in [0.15, 0.2) is 0 Å². The molecular weight excluding hydrogens is 332 g/mol. The predicted molar refractivity (Wildman–Crippen MR) is 94.9 cm³/mol. The normalized spacial score (nSPS) is 19.4. The van der Waals surface area contributed by atoms with Crippen molar-refractivity contribution >= 4 is 33.4 Å². The highest BCUT2D eigenvalue weighted by Crippen LogP contribution is 2.31. The second-order valence-electron chi connectivity index (χ2n) is 6.52. The summed E-state index contributed by atoms with van der Waals surface area (Å²) in [6.07, 6.45) is 1.29. The van der Waals surface area contributed by atoms with Gasteiger partial charge in [0.05, 0.1) is 5.69 Å². The molecule has 0 amide bonds. The molecule has 1 fully saturated rings. The van der Waals surface area contributed by atoms with Crippen molar-refractivity contribution in [2.45, 2.75) is 45.3 Å². The molecule has 0 spiro atoms. The summed E-state index contributed by atoms with van der Waals surface area (Å²) in [4.78, 5) is 2.42. The standard InChI is InChI=1S/C16H25BrN2S/c1-16(2,3)18-10-12-5-6-15(14(17)9-12)19(4)13-7-8-20-11-13/h5-6,9,13,18H,7-8,10-11H2,1-4H3. The number of halogens is 1. The monoisotopic (exact) mass is 356 g/mol. The van der Waals surface area contributed by atoms with Crippen LogP contribution in [0.4, 0.5) is 5.69 Å². The van der Waals surface area contributed by atoms with E-state index >= 15 is 0 Å². The molecule has 2 rings (SSSR count). The highest BCUT2D eigenvalue weighted by atomic mass is 79.9. The number of rotatable bonds is 4. The molecule has 0 saturated carbocycles. The molecule has 1 aromatic rings. The highest BCUT2D eigenvalue weighted by Gasteiger charge is 2.21. The predicted octanol–water partition coefficient (Wildman–Crippen LogP) is 4.28. The molecule has 112 valence electrons. The van der Waals surface area contributed by atoms with E-state index < -0.39 is 0 Å². The smallest absolute Gasteiger partial charge is 0.0511 e. The number of anilines is 1. The van der Waals surface area contributed by atoms with E-state index in [4.69, 9.17) is 0 Å². The zero-order valence-electron chi connectivity index (χ0n) is 12.9. The fourth-order valence-corrected chi connectivity index (χ4v) is 4.31. The van der Waals surface area contributed by atoms with Crippen LogP contribution >= 0.6 is 27.7 Å². The zero-order valence-corrected chi connectivity index (χ0v) is 15.3. The van der Waals surface area contributed by atoms with Gasteiger partial charge in [-0.25, -0.2) is 0 Å². The number of hydrogen-bond donors (Lipinski definition) is 1. The summed E-state index contributed by atoms with van der Waals surface area (Å²) in [5.74, 6) is 2.54. The Hall–Kier alpha value is -0.190. The SMILES string of the molecule is CN(c1ccc(CNC(C)(C)C)cc1Br)C1CCSC1. The molecule has 1 heterocycles. The van der Waals surface area contributed by atoms with Gasteiger partial charge in [0.1, 0.15) is 0 Å². The third-order valence-electron chi connectivity index (χ3n) is 3.67. The van der Waals surface area contributed by atoms with Crippen LogP contribution in [0.25, 0.3) is 0 Å². The Balaban J connectivity index is 2.05. The van der Waals surface area contributed by atoms with E-state index in [9.17, 15) is 0 Å². The number of hydrogen-bond acceptors (Lipinski definition) is 3. The van der Waals surface area contributed by atoms with Crippen LogP contribution in [-0.2, 0) is 6.54 Å². The Kier molecular flexibility index (Phi) is 5.43. The van der Waals surface area contributed by atoms with Crippen LogP contribution < -0.4 is 10.2 Å². The molecule has 1 saturated heterocycles. The summed E-state index contributed by atoms with van der Waals surface area (Å²) in [6, 6.07) is 7.39. The third kappa shape index (κ3) is 4.40. The van der Waals surface area contributed by atoms with Gasteiger partial charge < -0.3 is 10.2 Å². The Morgan fingerprint density at radius 2 is 2.15 bits per heavy atom. The molecule has 1 aromatic carbocycles. The van der Waals surface area contributed by atoms with Gasteiger partial charge in [0.25, 0.3) is 0 Å². The maximum Gasteiger partial charge on any atom is 0.0511 e. The van der Waals surface area contributed by atoms with E-state index in [1.54, 1.807) is 0 Å². The van der Waals surface area contributed by atoms with Crippen molar-refractivity contribution < 1.29 is 0 Å². The van der Waals surface area contributed by atoms with Crippen molar-refractivity contribution in [3.05, 3.63) is 28.2 Å². The van der Waals surface area contributed by atoms with E-state index in [-0.39, 0.29) is 5.54 Å². The molecule has 0 aliphatic carbocycles. The minimum absolute atomic E-state index is 0.156. The van der Waals surface area contributed by atoms with Crippen molar-refractivity contribution in [1.82, 2.24) is 5.32 Å². The van der Waals surface area contributed by atoms with Gasteiger partial charge in [-0.2, -0.15) is 11.8 Å². The summed E-state index contributed by atoms with van der Waals surface area (Å²) >= 11 is 5.80. The zero-order chi connectivity index (χ0) is 14.8. The second kappa shape index (κ2) is 6.71. The lowest BCUT2D eigenvalue weighted by Gasteiger charge is -2.27. The van der Waals surface area contributed by atoms with Crippen molar-refractivity contribution in [2.24, 2.45) is 0 Å². The van der Waals surface area contributed by atoms with Crippen LogP contribution in [0.3, 0.4) is 0 Å². The first-order valence-electron chi connectivity index (χ1n) is 7.21. The minimum Gasteiger partial charge on any atom is -0.370 e. The summed E-state index contributed by atoms with van der Waals surface area (Å²) in [5, 5.41) is 3.53. The maximum atomic E-state index is 3.74. The minimum atomic E-state index is 0.156. The molecule has 20 heavy (non-hydrogen) atoms. The van der Waals surface area contributed by atoms with E-state index in [0.29, 0.717) is 6.04 Å². The molecule has 1 aliphatic heterocycles. The van der Waals surface area contributed by atoms with Crippen molar-refractivity contribution in [3.8, 4) is 0 Å². The van der Waals surface area contributed by atoms with Gasteiger partial charge >= 0.3 is 0 Å². The number of nitrogens with one attached hydrogen (secondary N) is 1. The molecule has 0 aromatic heterocycles. The van der Waals surface area contributed by atoms with Gasteiger partial charge in [-0.15, -0.1) is 0 Å². The molecule has 1 unspecified atom stereocenters. The molecular formula is C16H25BrN2S. The Labute approximate surface area is 135 Å². The molecule has 0 bridgehead atoms. The lowest BCUT2D eigenvalue weighted by molar-refractivity contribution is 0.424. The quantitative estimate of drug-likeness (QED) is 0.866. The van der Waals surface area contributed by atoms with Crippen molar-refractivity contribution in [1.29, 1.82) is 0 Å². The fourth-order valence-electron chi connectivity index (χ4n) is 2.34. The Morgan fingerprint density at radius 3 is 2.70 bits per heavy atom. The lowest BCUT2D eigenvalue weighted by atomic mass is 10.1. The molecule has 1 aliphatic rings. The second-order valence-corrected chi connectivity index (χ2v) is 8.52. The average Bonchev–Trinajstić information content (AvgIpc) is 2.88. The van der Waals surface area contributed by atoms with E-state index in [1.807, 2.05) is 0 Å². The first-order chi connectivity index (χ1) is 9.37. The first kappa shape index (κ1) is 16.2. The van der Waals surface area contributed by atoms with Crippen LogP contribution in [0.1, 0.15) is 32.8 Å². The first-order valence-corrected chi connectivity index (χ1v) is 9.15. The van der Waals surface area contributed by atoms with Gasteiger partial charge in [0, 0.05) is 35.4 Å². The Morgan fingerprint density at radius 1 is 1.40 bits per heavy atom. The topological polar surface area (TPSA) is 15.3 Å². The van der Waals surface area contributed by atoms with Gasteiger partial charge in [-0.05, 0) is 66.6 Å². The summed E-state index contributed by atoms with van der Waals surface area (Å²) in [7, 11) is 2.21. The highest BCUT2D eigenvalue weighted by molar-refractivity contribution is 9.10. The van der Waals surface area contributed by atoms with Crippen LogP contribution in [0.2, 0.25) is 0 Å². The van der Waals surface area contributed by atoms with Gasteiger partial charge in [0.2, 0.25) is 0 Å². The number of benzene rings is 1. The molecule has 1 atom stereocenters. The van der Waals surface area contributed by atoms with Crippen LogP contribution in [-0.4, -0.2) is 30.1 Å². The lowest BCUT2D eigenvalue weighted by Crippen LogP contribution is -2.35. The van der Waals surface area contributed by atoms with Gasteiger partial charge in [-0.3, -0.25) is 0 Å². The van der Waals surface area contributed by atoms with Crippen molar-refractivity contribution in [3.63, 3.8) is 0 Å². The van der Waals surface area contributed by atoms with E-state index in [0.717, 1.165) is 6.54 Å². The maximum absolute atomic E-state index is 3.74. The molecule has 1 N–H and O–H groups in total. The molecule has 0 radical (unpaired) electrons. The summed E-state index contributed by atoms with van der Waals surface area (Å²) in [6.45, 7) is 7.50. The van der Waals surface area contributed by atoms with Gasteiger partial charge in [-0.1, -0.05) is 6.07 Å². The van der Waals surface area contributed by atoms with Crippen LogP contribution in [0.15, 0.2) is 22.7 Å². The molecule has 2 nitrogen and oxygen atoms in total. The number of thioether (sulfide) groups is 1. The van der Waals surface area contributed by atoms with Crippen molar-refractivity contribution in [2.75, 3.05) is 23.5 Å². The third-order valence-corrected chi connectivity index (χ3v) is 5.45. The van der Waals surface area contributed by atoms with E-state index in [1.165, 1.54) is 33.7 Å². The number of nitrogens with zero attached hydrogens (tertiary/aromatic N) is 1. The van der Waals surface area contributed by atoms with Crippen LogP contribution in [0, 0.1) is 0 Å². The fraction of sp³-hybridized carbons (Fsp3) is 0.625. The average molecular weight is 357 g/mol. The van der Waals surface area contributed by atoms with E-state index in [2.05, 4.69) is 83.9 Å². The van der Waals surface area contributed by atoms with Crippen LogP contribution in [0.5, 0.6) is 0 Å². The summed E-state index contributed by atoms with van der Waals surface area (Å²) < 4.78 is 1.20.